The van der Waals surface area contributed by atoms with Crippen molar-refractivity contribution in [3.8, 4) is 5.75 Å². The fraction of sp³-hybridized carbons (Fsp3) is 0.300. The molecule has 0 saturated carbocycles. The zero-order valence-corrected chi connectivity index (χ0v) is 22.8. The summed E-state index contributed by atoms with van der Waals surface area (Å²) in [5, 5.41) is 9.52. The summed E-state index contributed by atoms with van der Waals surface area (Å²) in [4.78, 5) is -1.27. The Labute approximate surface area is 223 Å². The van der Waals surface area contributed by atoms with E-state index in [1.54, 1.807) is 0 Å². The van der Waals surface area contributed by atoms with Gasteiger partial charge in [-0.3, -0.25) is 0 Å². The summed E-state index contributed by atoms with van der Waals surface area (Å²) in [6.07, 6.45) is 1.41. The minimum Gasteiger partial charge on any atom is -0.508 e. The monoisotopic (exact) mass is 668 g/mol. The lowest BCUT2D eigenvalue weighted by atomic mass is 10.2. The normalized spacial score (nSPS) is 16.9. The second kappa shape index (κ2) is 10.4. The average Bonchev–Trinajstić information content (AvgIpc) is 2.77. The van der Waals surface area contributed by atoms with Gasteiger partial charge in [-0.25, -0.2) is 25.3 Å². The molecule has 226 valence electrons. The van der Waals surface area contributed by atoms with Crippen molar-refractivity contribution in [1.29, 1.82) is 0 Å². The lowest BCUT2D eigenvalue weighted by Gasteiger charge is -2.49. The molecule has 0 aromatic heterocycles. The molecule has 0 bridgehead atoms. The number of alkyl halides is 9. The second-order valence-electron chi connectivity index (χ2n) is 7.91. The van der Waals surface area contributed by atoms with Crippen LogP contribution in [0.1, 0.15) is 5.56 Å². The minimum absolute atomic E-state index is 0.0232. The highest BCUT2D eigenvalue weighted by molar-refractivity contribution is 8.55. The molecule has 0 aliphatic heterocycles. The lowest BCUT2D eigenvalue weighted by molar-refractivity contribution is -0.0497. The molecule has 1 N–H and O–H groups in total. The Morgan fingerprint density at radius 1 is 0.650 bits per heavy atom. The first kappa shape index (κ1) is 33.8. The van der Waals surface area contributed by atoms with Gasteiger partial charge < -0.3 is 5.11 Å². The number of phenols is 1. The van der Waals surface area contributed by atoms with Crippen LogP contribution >= 0.6 is 10.0 Å². The average molecular weight is 669 g/mol. The van der Waals surface area contributed by atoms with E-state index in [1.807, 2.05) is 0 Å². The Kier molecular flexibility index (Phi) is 8.80. The van der Waals surface area contributed by atoms with Crippen LogP contribution in [0, 0.1) is 0 Å². The fourth-order valence-corrected chi connectivity index (χ4v) is 19.7. The smallest absolute Gasteiger partial charge is 0.500 e. The first-order chi connectivity index (χ1) is 17.8. The van der Waals surface area contributed by atoms with Gasteiger partial charge in [0.05, 0.1) is 0 Å². The van der Waals surface area contributed by atoms with E-state index in [1.165, 1.54) is 30.3 Å². The van der Waals surface area contributed by atoms with E-state index < -0.39 is 75.2 Å². The maximum Gasteiger partial charge on any atom is 0.500 e. The summed E-state index contributed by atoms with van der Waals surface area (Å²) in [6, 6.07) is 8.44. The zero-order chi connectivity index (χ0) is 31.2. The maximum absolute atomic E-state index is 14.0. The molecule has 20 heteroatoms. The SMILES string of the molecule is CS(CC=Cc1ccccc1)(c1ccc(O)cc1)C(S(=O)(=O)C(F)(F)F)(S(=O)(=O)C(F)(F)F)S(=O)(=O)C(F)(F)F. The van der Waals surface area contributed by atoms with E-state index in [9.17, 15) is 69.9 Å². The summed E-state index contributed by atoms with van der Waals surface area (Å²) < 4.78 is 196. The third-order valence-electron chi connectivity index (χ3n) is 5.35. The summed E-state index contributed by atoms with van der Waals surface area (Å²) in [5.41, 5.74) is -21.7. The standard InChI is InChI=1S/C20H17F9O7S4/c1-37(16-11-9-15(30)10-12-16,13-5-8-14-6-3-2-4-7-14)20(38(31,32)17(21,22)23,39(33,34)18(24,25)26)40(35,36)19(27,28)29/h2-12,30H,13H2,1H3. The third kappa shape index (κ3) is 5.06. The summed E-state index contributed by atoms with van der Waals surface area (Å²) >= 11 is 0. The van der Waals surface area contributed by atoms with Gasteiger partial charge >= 0.3 is 19.3 Å². The van der Waals surface area contributed by atoms with E-state index in [-0.39, 0.29) is 11.8 Å². The molecule has 1 atom stereocenters. The van der Waals surface area contributed by atoms with Crippen LogP contribution in [0.25, 0.3) is 6.08 Å². The Hall–Kier alpha value is -2.45. The molecule has 0 radical (unpaired) electrons. The van der Waals surface area contributed by atoms with E-state index in [2.05, 4.69) is 0 Å². The van der Waals surface area contributed by atoms with Crippen molar-refractivity contribution in [2.24, 2.45) is 0 Å². The predicted molar refractivity (Wildman–Crippen MR) is 128 cm³/mol. The number of hydrogen-bond donors (Lipinski definition) is 1. The van der Waals surface area contributed by atoms with Crippen LogP contribution in [0.15, 0.2) is 65.6 Å². The highest BCUT2D eigenvalue weighted by Gasteiger charge is 2.87. The van der Waals surface area contributed by atoms with Crippen molar-refractivity contribution in [3.05, 3.63) is 66.2 Å². The Bertz CT molecular complexity index is 1470. The van der Waals surface area contributed by atoms with Crippen LogP contribution in [0.3, 0.4) is 0 Å². The zero-order valence-electron chi connectivity index (χ0n) is 19.5. The van der Waals surface area contributed by atoms with Crippen LogP contribution in [0.2, 0.25) is 0 Å². The molecule has 0 aliphatic rings. The summed E-state index contributed by atoms with van der Waals surface area (Å²) in [6.45, 7) is 0. The predicted octanol–water partition coefficient (Wildman–Crippen LogP) is 5.31. The Balaban J connectivity index is 3.37. The number of aromatic hydroxyl groups is 1. The summed E-state index contributed by atoms with van der Waals surface area (Å²) in [5.74, 6) is -2.46. The number of benzene rings is 2. The molecular formula is C20H17F9O7S4. The van der Waals surface area contributed by atoms with Gasteiger partial charge in [0.1, 0.15) is 5.75 Å². The van der Waals surface area contributed by atoms with Gasteiger partial charge in [0.25, 0.3) is 29.5 Å². The number of phenolic OH excluding ortho intramolecular Hbond substituents is 1. The maximum atomic E-state index is 14.0. The molecule has 7 nitrogen and oxygen atoms in total. The van der Waals surface area contributed by atoms with E-state index in [0.717, 1.165) is 6.08 Å². The van der Waals surface area contributed by atoms with Crippen molar-refractivity contribution in [1.82, 2.24) is 0 Å². The molecule has 40 heavy (non-hydrogen) atoms. The quantitative estimate of drug-likeness (QED) is 0.378. The molecule has 0 amide bonds. The van der Waals surface area contributed by atoms with E-state index in [0.29, 0.717) is 30.3 Å². The van der Waals surface area contributed by atoms with Crippen LogP contribution in [0.4, 0.5) is 39.5 Å². The van der Waals surface area contributed by atoms with E-state index >= 15 is 0 Å². The first-order valence-corrected chi connectivity index (χ1v) is 16.7. The summed E-state index contributed by atoms with van der Waals surface area (Å²) in [7, 11) is -31.0. The van der Waals surface area contributed by atoms with Gasteiger partial charge in [-0.1, -0.05) is 42.5 Å². The highest BCUT2D eigenvalue weighted by atomic mass is 32.4. The highest BCUT2D eigenvalue weighted by Crippen LogP contribution is 2.74. The molecular weight excluding hydrogens is 651 g/mol. The molecule has 0 saturated heterocycles. The molecule has 0 heterocycles. The topological polar surface area (TPSA) is 123 Å². The van der Waals surface area contributed by atoms with Gasteiger partial charge in [0.15, 0.2) is 0 Å². The molecule has 2 aromatic rings. The molecule has 0 aliphatic carbocycles. The number of rotatable bonds is 8. The van der Waals surface area contributed by atoms with Gasteiger partial charge in [-0.2, -0.15) is 49.5 Å². The molecule has 0 spiro atoms. The van der Waals surface area contributed by atoms with Crippen molar-refractivity contribution in [3.63, 3.8) is 0 Å². The minimum atomic E-state index is -8.47. The lowest BCUT2D eigenvalue weighted by Crippen LogP contribution is -2.65. The Morgan fingerprint density at radius 3 is 1.38 bits per heavy atom. The van der Waals surface area contributed by atoms with Gasteiger partial charge in [-0.05, 0) is 41.0 Å². The molecule has 1 unspecified atom stereocenters. The van der Waals surface area contributed by atoms with E-state index in [4.69, 9.17) is 0 Å². The Morgan fingerprint density at radius 2 is 1.02 bits per heavy atom. The van der Waals surface area contributed by atoms with Gasteiger partial charge in [-0.15, -0.1) is 0 Å². The van der Waals surface area contributed by atoms with Crippen molar-refractivity contribution < 1.29 is 69.9 Å². The molecule has 2 rings (SSSR count). The number of halogens is 9. The van der Waals surface area contributed by atoms with Crippen molar-refractivity contribution in [2.75, 3.05) is 12.0 Å². The van der Waals surface area contributed by atoms with Crippen molar-refractivity contribution >= 4 is 45.6 Å². The van der Waals surface area contributed by atoms with Crippen LogP contribution < -0.4 is 0 Å². The first-order valence-electron chi connectivity index (χ1n) is 10.0. The fourth-order valence-electron chi connectivity index (χ4n) is 3.61. The molecule has 0 fully saturated rings. The van der Waals surface area contributed by atoms with Crippen LogP contribution in [0.5, 0.6) is 5.75 Å². The van der Waals surface area contributed by atoms with Gasteiger partial charge in [0, 0.05) is 5.75 Å². The van der Waals surface area contributed by atoms with Crippen molar-refractivity contribution in [2.45, 2.75) is 24.2 Å². The second-order valence-corrected chi connectivity index (χ2v) is 19.3. The third-order valence-corrected chi connectivity index (χ3v) is 21.7. The van der Waals surface area contributed by atoms with Gasteiger partial charge in [0.2, 0.25) is 0 Å². The number of hydrogen-bond acceptors (Lipinski definition) is 7. The van der Waals surface area contributed by atoms with Crippen LogP contribution in [-0.4, -0.2) is 61.6 Å². The van der Waals surface area contributed by atoms with Crippen LogP contribution in [-0.2, 0) is 29.5 Å². The molecule has 2 aromatic carbocycles. The number of sulfone groups is 3. The largest absolute Gasteiger partial charge is 0.508 e.